The van der Waals surface area contributed by atoms with Gasteiger partial charge in [0.2, 0.25) is 0 Å². The molecule has 1 N–H and O–H groups in total. The van der Waals surface area contributed by atoms with Gasteiger partial charge >= 0.3 is 0 Å². The van der Waals surface area contributed by atoms with Crippen LogP contribution in [0, 0.1) is 5.92 Å². The van der Waals surface area contributed by atoms with Gasteiger partial charge in [-0.05, 0) is 80.6 Å². The van der Waals surface area contributed by atoms with E-state index in [0.717, 1.165) is 28.9 Å². The van der Waals surface area contributed by atoms with Gasteiger partial charge in [0.15, 0.2) is 0 Å². The molecule has 0 aromatic heterocycles. The topological polar surface area (TPSA) is 12.0 Å². The molecule has 40 heavy (non-hydrogen) atoms. The van der Waals surface area contributed by atoms with Crippen molar-refractivity contribution in [1.82, 2.24) is 0 Å². The zero-order valence-corrected chi connectivity index (χ0v) is 23.0. The summed E-state index contributed by atoms with van der Waals surface area (Å²) in [6.07, 6.45) is 5.77. The van der Waals surface area contributed by atoms with Crippen molar-refractivity contribution in [2.24, 2.45) is 5.92 Å². The van der Waals surface area contributed by atoms with E-state index in [-0.39, 0.29) is 5.41 Å². The highest BCUT2D eigenvalue weighted by atomic mass is 35.5. The van der Waals surface area contributed by atoms with E-state index in [1.165, 1.54) is 44.5 Å². The molecule has 2 heteroatoms. The lowest BCUT2D eigenvalue weighted by atomic mass is 9.67. The summed E-state index contributed by atoms with van der Waals surface area (Å²) in [4.78, 5) is 0. The Morgan fingerprint density at radius 2 is 1.35 bits per heavy atom. The van der Waals surface area contributed by atoms with Gasteiger partial charge in [0.25, 0.3) is 0 Å². The SMILES string of the molecule is CC1C=CC2=C(C1)C1(c3ccccc3-c3ccccc31)c1cccc(Nc3ccc(-c4ccccc4)cc3Cl)c12. The van der Waals surface area contributed by atoms with Crippen LogP contribution in [0.5, 0.6) is 0 Å². The summed E-state index contributed by atoms with van der Waals surface area (Å²) in [5, 5.41) is 4.46. The van der Waals surface area contributed by atoms with Crippen molar-refractivity contribution >= 4 is 28.5 Å². The third-order valence-corrected chi connectivity index (χ3v) is 9.24. The fourth-order valence-corrected chi connectivity index (χ4v) is 7.52. The van der Waals surface area contributed by atoms with Gasteiger partial charge in [0.05, 0.1) is 16.1 Å². The molecule has 5 aromatic carbocycles. The molecule has 3 aliphatic carbocycles. The van der Waals surface area contributed by atoms with Crippen molar-refractivity contribution in [3.8, 4) is 22.3 Å². The second kappa shape index (κ2) is 8.84. The van der Waals surface area contributed by atoms with E-state index < -0.39 is 0 Å². The molecule has 0 amide bonds. The minimum Gasteiger partial charge on any atom is -0.354 e. The Kier molecular flexibility index (Phi) is 5.21. The van der Waals surface area contributed by atoms with Crippen molar-refractivity contribution < 1.29 is 0 Å². The Morgan fingerprint density at radius 1 is 0.675 bits per heavy atom. The maximum Gasteiger partial charge on any atom is 0.0689 e. The van der Waals surface area contributed by atoms with E-state index in [1.54, 1.807) is 0 Å². The van der Waals surface area contributed by atoms with Gasteiger partial charge in [-0.2, -0.15) is 0 Å². The summed E-state index contributed by atoms with van der Waals surface area (Å²) in [6.45, 7) is 2.33. The Balaban J connectivity index is 1.33. The Labute approximate surface area is 240 Å². The summed E-state index contributed by atoms with van der Waals surface area (Å²) in [7, 11) is 0. The molecule has 0 heterocycles. The molecular formula is C38H28ClN. The molecule has 5 aromatic rings. The van der Waals surface area contributed by atoms with Crippen LogP contribution in [0.25, 0.3) is 27.8 Å². The van der Waals surface area contributed by atoms with Crippen LogP contribution in [0.1, 0.15) is 35.6 Å². The summed E-state index contributed by atoms with van der Waals surface area (Å²) in [5.41, 5.74) is 15.0. The maximum atomic E-state index is 6.90. The molecule has 3 aliphatic rings. The zero-order chi connectivity index (χ0) is 26.8. The highest BCUT2D eigenvalue weighted by molar-refractivity contribution is 6.33. The lowest BCUT2D eigenvalue weighted by Crippen LogP contribution is -2.28. The van der Waals surface area contributed by atoms with Crippen molar-refractivity contribution in [2.75, 3.05) is 5.32 Å². The molecule has 1 spiro atoms. The predicted octanol–water partition coefficient (Wildman–Crippen LogP) is 10.4. The van der Waals surface area contributed by atoms with E-state index in [4.69, 9.17) is 11.6 Å². The van der Waals surface area contributed by atoms with E-state index in [2.05, 4.69) is 134 Å². The first-order valence-corrected chi connectivity index (χ1v) is 14.4. The van der Waals surface area contributed by atoms with Crippen LogP contribution in [-0.2, 0) is 5.41 Å². The fraction of sp³-hybridized carbons (Fsp3) is 0.105. The van der Waals surface area contributed by atoms with Crippen LogP contribution in [-0.4, -0.2) is 0 Å². The molecular weight excluding hydrogens is 506 g/mol. The van der Waals surface area contributed by atoms with Crippen LogP contribution in [0.4, 0.5) is 11.4 Å². The average molecular weight is 534 g/mol. The molecule has 0 radical (unpaired) electrons. The monoisotopic (exact) mass is 533 g/mol. The third-order valence-electron chi connectivity index (χ3n) is 8.93. The fourth-order valence-electron chi connectivity index (χ4n) is 7.29. The van der Waals surface area contributed by atoms with E-state index in [0.29, 0.717) is 10.9 Å². The van der Waals surface area contributed by atoms with Crippen LogP contribution in [0.3, 0.4) is 0 Å². The molecule has 0 saturated carbocycles. The Bertz CT molecular complexity index is 1830. The number of halogens is 1. The lowest BCUT2D eigenvalue weighted by molar-refractivity contribution is 0.630. The molecule has 8 rings (SSSR count). The smallest absolute Gasteiger partial charge is 0.0689 e. The normalized spacial score (nSPS) is 17.4. The van der Waals surface area contributed by atoms with E-state index in [1.807, 2.05) is 6.07 Å². The first-order chi connectivity index (χ1) is 19.7. The summed E-state index contributed by atoms with van der Waals surface area (Å²) in [6, 6.07) is 41.4. The minimum atomic E-state index is -0.282. The molecule has 0 fully saturated rings. The number of allylic oxidation sites excluding steroid dienone is 4. The maximum absolute atomic E-state index is 6.90. The second-order valence-corrected chi connectivity index (χ2v) is 11.6. The third kappa shape index (κ3) is 3.22. The highest BCUT2D eigenvalue weighted by Gasteiger charge is 2.53. The van der Waals surface area contributed by atoms with Gasteiger partial charge in [0, 0.05) is 11.3 Å². The van der Waals surface area contributed by atoms with Gasteiger partial charge in [-0.1, -0.05) is 128 Å². The van der Waals surface area contributed by atoms with Gasteiger partial charge in [-0.3, -0.25) is 0 Å². The quantitative estimate of drug-likeness (QED) is 0.243. The number of rotatable bonds is 3. The molecule has 1 unspecified atom stereocenters. The molecule has 0 aliphatic heterocycles. The minimum absolute atomic E-state index is 0.282. The molecule has 1 atom stereocenters. The van der Waals surface area contributed by atoms with Gasteiger partial charge in [-0.25, -0.2) is 0 Å². The summed E-state index contributed by atoms with van der Waals surface area (Å²) in [5.74, 6) is 0.487. The van der Waals surface area contributed by atoms with Crippen molar-refractivity contribution in [3.05, 3.63) is 160 Å². The number of hydrogen-bond donors (Lipinski definition) is 1. The highest BCUT2D eigenvalue weighted by Crippen LogP contribution is 2.64. The second-order valence-electron chi connectivity index (χ2n) is 11.2. The largest absolute Gasteiger partial charge is 0.354 e. The predicted molar refractivity (Wildman–Crippen MR) is 168 cm³/mol. The Morgan fingerprint density at radius 3 is 2.08 bits per heavy atom. The van der Waals surface area contributed by atoms with Crippen LogP contribution in [0.2, 0.25) is 5.02 Å². The van der Waals surface area contributed by atoms with Crippen LogP contribution < -0.4 is 5.32 Å². The van der Waals surface area contributed by atoms with Gasteiger partial charge < -0.3 is 5.32 Å². The summed E-state index contributed by atoms with van der Waals surface area (Å²) < 4.78 is 0. The molecule has 0 saturated heterocycles. The zero-order valence-electron chi connectivity index (χ0n) is 22.3. The van der Waals surface area contributed by atoms with Crippen molar-refractivity contribution in [3.63, 3.8) is 0 Å². The Hall–Kier alpha value is -4.33. The van der Waals surface area contributed by atoms with Crippen molar-refractivity contribution in [1.29, 1.82) is 0 Å². The van der Waals surface area contributed by atoms with Crippen molar-refractivity contribution in [2.45, 2.75) is 18.8 Å². The van der Waals surface area contributed by atoms with E-state index in [9.17, 15) is 0 Å². The molecule has 192 valence electrons. The number of benzene rings is 5. The van der Waals surface area contributed by atoms with Crippen LogP contribution in [0.15, 0.2) is 133 Å². The number of fused-ring (bicyclic) bond motifs is 9. The van der Waals surface area contributed by atoms with E-state index >= 15 is 0 Å². The lowest BCUT2D eigenvalue weighted by Gasteiger charge is -2.34. The average Bonchev–Trinajstić information content (AvgIpc) is 3.46. The standard InChI is InChI=1S/C38H28ClN/c1-24-18-20-29-33(22-24)38(30-14-7-5-12-27(30)28-13-6-8-15-31(28)38)32-16-9-17-36(37(29)32)40-35-21-19-26(23-34(35)39)25-10-3-2-4-11-25/h2-21,23-24,40H,22H2,1H3. The van der Waals surface area contributed by atoms with Crippen LogP contribution >= 0.6 is 11.6 Å². The van der Waals surface area contributed by atoms with Gasteiger partial charge in [-0.15, -0.1) is 0 Å². The first-order valence-electron chi connectivity index (χ1n) is 14.0. The van der Waals surface area contributed by atoms with Gasteiger partial charge in [0.1, 0.15) is 0 Å². The number of anilines is 2. The first kappa shape index (κ1) is 23.5. The molecule has 1 nitrogen and oxygen atoms in total. The number of nitrogens with one attached hydrogen (secondary N) is 1. The summed E-state index contributed by atoms with van der Waals surface area (Å²) >= 11 is 6.90. The molecule has 0 bridgehead atoms. The number of hydrogen-bond acceptors (Lipinski definition) is 1.